The Kier molecular flexibility index (Phi) is 8.05. The van der Waals surface area contributed by atoms with E-state index in [1.807, 2.05) is 34.9 Å². The monoisotopic (exact) mass is 572 g/mol. The molecular formula is C28H44N4O5Si2. The molecule has 1 aliphatic heterocycles. The number of hydrogen-bond donors (Lipinski definition) is 1. The first-order valence-electron chi connectivity index (χ1n) is 13.7. The molecule has 0 aliphatic carbocycles. The molecule has 0 radical (unpaired) electrons. The first kappa shape index (κ1) is 29.7. The van der Waals surface area contributed by atoms with Crippen LogP contribution in [-0.2, 0) is 13.6 Å². The first-order valence-corrected chi connectivity index (χ1v) is 19.5. The second-order valence-corrected chi connectivity index (χ2v) is 23.0. The van der Waals surface area contributed by atoms with E-state index in [-0.39, 0.29) is 34.4 Å². The molecule has 0 saturated carbocycles. The Morgan fingerprint density at radius 1 is 1.03 bits per heavy atom. The standard InChI is InChI=1S/C28H44N4O5Si2/c1-27(2,3)38(7,8)34-17-21-20(37-39(9,10)28(4,5)6)16-22(36-21)32-18-29-23-24(32)30-26(33)31-25(23)35-19-14-12-11-13-15-19/h11-15,18,20-22H,16-17H2,1-10H3,(H,30,31,33)/t20-,21+,22+/m0/s1. The number of aromatic amines is 1. The first-order chi connectivity index (χ1) is 18.0. The van der Waals surface area contributed by atoms with Gasteiger partial charge in [-0.1, -0.05) is 59.7 Å². The molecule has 0 amide bonds. The molecule has 0 unspecified atom stereocenters. The summed E-state index contributed by atoms with van der Waals surface area (Å²) in [6.07, 6.45) is 1.50. The smallest absolute Gasteiger partial charge is 0.349 e. The van der Waals surface area contributed by atoms with Crippen LogP contribution in [0.4, 0.5) is 0 Å². The lowest BCUT2D eigenvalue weighted by Gasteiger charge is -2.40. The predicted molar refractivity (Wildman–Crippen MR) is 158 cm³/mol. The molecule has 0 spiro atoms. The molecular weight excluding hydrogens is 529 g/mol. The normalized spacial score (nSPS) is 21.0. The van der Waals surface area contributed by atoms with Gasteiger partial charge >= 0.3 is 5.69 Å². The molecule has 4 rings (SSSR count). The molecule has 3 heterocycles. The molecule has 1 aliphatic rings. The SMILES string of the molecule is CC(C)(C)[Si](C)(C)OC[C@H]1O[C@@H](n2cnc3c(Oc4ccccc4)nc(=O)[nH]c32)C[C@@H]1O[Si](C)(C)C(C)(C)C. The van der Waals surface area contributed by atoms with Crippen LogP contribution in [0.1, 0.15) is 54.2 Å². The average Bonchev–Trinajstić information content (AvgIpc) is 3.40. The minimum Gasteiger partial charge on any atom is -0.437 e. The van der Waals surface area contributed by atoms with E-state index in [9.17, 15) is 4.79 Å². The summed E-state index contributed by atoms with van der Waals surface area (Å²) in [7, 11) is -4.09. The molecule has 9 nitrogen and oxygen atoms in total. The molecule has 1 saturated heterocycles. The lowest BCUT2D eigenvalue weighted by Crippen LogP contribution is -2.48. The summed E-state index contributed by atoms with van der Waals surface area (Å²) in [4.78, 5) is 24.0. The summed E-state index contributed by atoms with van der Waals surface area (Å²) in [6, 6.07) is 9.23. The molecule has 2 aromatic heterocycles. The van der Waals surface area contributed by atoms with E-state index < -0.39 is 22.3 Å². The van der Waals surface area contributed by atoms with Gasteiger partial charge in [0.05, 0.1) is 19.0 Å². The number of ether oxygens (including phenoxy) is 2. The molecule has 39 heavy (non-hydrogen) atoms. The second-order valence-electron chi connectivity index (χ2n) is 13.5. The van der Waals surface area contributed by atoms with Gasteiger partial charge in [-0.3, -0.25) is 9.55 Å². The van der Waals surface area contributed by atoms with Crippen molar-refractivity contribution in [1.29, 1.82) is 0 Å². The van der Waals surface area contributed by atoms with Crippen molar-refractivity contribution in [2.75, 3.05) is 6.61 Å². The van der Waals surface area contributed by atoms with Crippen molar-refractivity contribution in [2.45, 2.75) is 103 Å². The Labute approximate surface area is 233 Å². The fraction of sp³-hybridized carbons (Fsp3) is 0.607. The van der Waals surface area contributed by atoms with Crippen molar-refractivity contribution in [3.05, 3.63) is 47.1 Å². The fourth-order valence-corrected chi connectivity index (χ4v) is 6.39. The summed E-state index contributed by atoms with van der Waals surface area (Å²) >= 11 is 0. The second kappa shape index (κ2) is 10.6. The van der Waals surface area contributed by atoms with Crippen LogP contribution in [-0.4, -0.2) is 55.0 Å². The van der Waals surface area contributed by atoms with E-state index in [4.69, 9.17) is 18.3 Å². The minimum absolute atomic E-state index is 0.0538. The molecule has 11 heteroatoms. The lowest BCUT2D eigenvalue weighted by molar-refractivity contribution is -0.0383. The van der Waals surface area contributed by atoms with Gasteiger partial charge in [-0.05, 0) is 48.4 Å². The maximum Gasteiger partial charge on any atom is 0.349 e. The van der Waals surface area contributed by atoms with Gasteiger partial charge in [0.2, 0.25) is 0 Å². The Hall–Kier alpha value is -2.32. The van der Waals surface area contributed by atoms with Gasteiger partial charge in [0, 0.05) is 6.42 Å². The van der Waals surface area contributed by atoms with Crippen LogP contribution >= 0.6 is 0 Å². The summed E-state index contributed by atoms with van der Waals surface area (Å²) in [5.41, 5.74) is 0.452. The Morgan fingerprint density at radius 3 is 2.28 bits per heavy atom. The third kappa shape index (κ3) is 6.38. The number of imidazole rings is 1. The summed E-state index contributed by atoms with van der Waals surface area (Å²) < 4.78 is 27.9. The van der Waals surface area contributed by atoms with Crippen molar-refractivity contribution in [1.82, 2.24) is 19.5 Å². The Bertz CT molecular complexity index is 1340. The zero-order valence-corrected chi connectivity index (χ0v) is 27.0. The number of benzene rings is 1. The highest BCUT2D eigenvalue weighted by Gasteiger charge is 2.47. The predicted octanol–water partition coefficient (Wildman–Crippen LogP) is 6.61. The molecule has 1 aromatic carbocycles. The topological polar surface area (TPSA) is 100 Å². The maximum absolute atomic E-state index is 12.5. The van der Waals surface area contributed by atoms with E-state index >= 15 is 0 Å². The molecule has 1 fully saturated rings. The summed E-state index contributed by atoms with van der Waals surface area (Å²) in [5, 5.41) is 0.140. The minimum atomic E-state index is -2.09. The van der Waals surface area contributed by atoms with Crippen molar-refractivity contribution < 1.29 is 18.3 Å². The van der Waals surface area contributed by atoms with E-state index in [0.717, 1.165) is 0 Å². The van der Waals surface area contributed by atoms with Crippen molar-refractivity contribution in [2.24, 2.45) is 0 Å². The highest BCUT2D eigenvalue weighted by Crippen LogP contribution is 2.43. The largest absolute Gasteiger partial charge is 0.437 e. The molecule has 214 valence electrons. The van der Waals surface area contributed by atoms with Crippen molar-refractivity contribution in [3.63, 3.8) is 0 Å². The van der Waals surface area contributed by atoms with Gasteiger partial charge < -0.3 is 18.3 Å². The highest BCUT2D eigenvalue weighted by atomic mass is 28.4. The number of nitrogens with one attached hydrogen (secondary N) is 1. The molecule has 3 aromatic rings. The number of rotatable bonds is 8. The van der Waals surface area contributed by atoms with Crippen molar-refractivity contribution in [3.8, 4) is 11.6 Å². The number of hydrogen-bond acceptors (Lipinski definition) is 7. The molecule has 1 N–H and O–H groups in total. The van der Waals surface area contributed by atoms with Gasteiger partial charge in [0.15, 0.2) is 22.2 Å². The van der Waals surface area contributed by atoms with E-state index in [1.54, 1.807) is 6.33 Å². The van der Waals surface area contributed by atoms with Gasteiger partial charge in [0.1, 0.15) is 23.7 Å². The molecule has 3 atom stereocenters. The zero-order chi connectivity index (χ0) is 28.8. The Balaban J connectivity index is 1.65. The van der Waals surface area contributed by atoms with Crippen molar-refractivity contribution >= 4 is 27.8 Å². The Morgan fingerprint density at radius 2 is 1.67 bits per heavy atom. The maximum atomic E-state index is 12.5. The third-order valence-electron chi connectivity index (χ3n) is 8.54. The molecule has 0 bridgehead atoms. The van der Waals surface area contributed by atoms with Gasteiger partial charge in [-0.25, -0.2) is 9.78 Å². The van der Waals surface area contributed by atoms with Crippen LogP contribution in [0.5, 0.6) is 11.6 Å². The third-order valence-corrected chi connectivity index (χ3v) is 17.5. The number of H-pyrrole nitrogens is 1. The quantitative estimate of drug-likeness (QED) is 0.303. The summed E-state index contributed by atoms with van der Waals surface area (Å²) in [6.45, 7) is 22.9. The zero-order valence-electron chi connectivity index (χ0n) is 25.0. The number of aromatic nitrogens is 4. The van der Waals surface area contributed by atoms with Crippen LogP contribution in [0, 0.1) is 0 Å². The van der Waals surface area contributed by atoms with E-state index in [1.165, 1.54) is 0 Å². The highest BCUT2D eigenvalue weighted by molar-refractivity contribution is 6.74. The lowest BCUT2D eigenvalue weighted by atomic mass is 10.2. The van der Waals surface area contributed by atoms with Crippen LogP contribution in [0.2, 0.25) is 36.3 Å². The number of para-hydroxylation sites is 1. The number of fused-ring (bicyclic) bond motifs is 1. The fourth-order valence-electron chi connectivity index (χ4n) is 4.01. The average molecular weight is 573 g/mol. The van der Waals surface area contributed by atoms with Crippen LogP contribution in [0.3, 0.4) is 0 Å². The van der Waals surface area contributed by atoms with Crippen LogP contribution in [0.15, 0.2) is 41.5 Å². The van der Waals surface area contributed by atoms with E-state index in [2.05, 4.69) is 82.7 Å². The van der Waals surface area contributed by atoms with Gasteiger partial charge in [-0.15, -0.1) is 0 Å². The van der Waals surface area contributed by atoms with Crippen LogP contribution < -0.4 is 10.4 Å². The van der Waals surface area contributed by atoms with Gasteiger partial charge in [0.25, 0.3) is 5.88 Å². The number of nitrogens with zero attached hydrogens (tertiary/aromatic N) is 3. The van der Waals surface area contributed by atoms with Crippen LogP contribution in [0.25, 0.3) is 11.2 Å². The van der Waals surface area contributed by atoms with Gasteiger partial charge in [-0.2, -0.15) is 4.98 Å². The summed E-state index contributed by atoms with van der Waals surface area (Å²) in [5.74, 6) is 0.734. The van der Waals surface area contributed by atoms with E-state index in [0.29, 0.717) is 29.9 Å².